The van der Waals surface area contributed by atoms with Crippen molar-refractivity contribution in [2.45, 2.75) is 9.79 Å². The zero-order chi connectivity index (χ0) is 15.8. The third-order valence-electron chi connectivity index (χ3n) is 2.46. The van der Waals surface area contributed by atoms with Gasteiger partial charge in [-0.1, -0.05) is 0 Å². The molecule has 114 valence electrons. The van der Waals surface area contributed by atoms with Gasteiger partial charge in [-0.25, -0.2) is 26.4 Å². The Hall–Kier alpha value is -1.98. The number of rotatable bonds is 4. The Kier molecular flexibility index (Phi) is 3.74. The average molecular weight is 334 g/mol. The largest absolute Gasteiger partial charge is 0.272 e. The maximum absolute atomic E-state index is 12.8. The first-order chi connectivity index (χ1) is 9.59. The highest BCUT2D eigenvalue weighted by molar-refractivity contribution is 7.93. The van der Waals surface area contributed by atoms with Crippen LogP contribution in [-0.4, -0.2) is 26.6 Å². The van der Waals surface area contributed by atoms with Crippen molar-refractivity contribution in [3.63, 3.8) is 0 Å². The summed E-state index contributed by atoms with van der Waals surface area (Å²) >= 11 is 0. The summed E-state index contributed by atoms with van der Waals surface area (Å²) in [6, 6.07) is 4.01. The number of benzene rings is 1. The summed E-state index contributed by atoms with van der Waals surface area (Å²) in [7, 11) is -6.85. The Balaban J connectivity index is 2.44. The van der Waals surface area contributed by atoms with Gasteiger partial charge in [-0.2, -0.15) is 5.10 Å². The third-order valence-corrected chi connectivity index (χ3v) is 4.72. The number of halogens is 1. The number of primary sulfonamides is 1. The Morgan fingerprint density at radius 2 is 1.76 bits per heavy atom. The number of nitrogens with one attached hydrogen (secondary N) is 1. The molecule has 0 saturated carbocycles. The smallest absolute Gasteiger partial charge is 0.263 e. The highest BCUT2D eigenvalue weighted by atomic mass is 32.2. The van der Waals surface area contributed by atoms with Crippen LogP contribution in [-0.2, 0) is 27.1 Å². The van der Waals surface area contributed by atoms with E-state index < -0.39 is 36.6 Å². The van der Waals surface area contributed by atoms with Crippen LogP contribution in [0.15, 0.2) is 40.3 Å². The first-order valence-electron chi connectivity index (χ1n) is 5.44. The molecular formula is C10H11FN4O4S2. The van der Waals surface area contributed by atoms with E-state index in [2.05, 4.69) is 5.10 Å². The molecule has 1 aromatic carbocycles. The topological polar surface area (TPSA) is 124 Å². The number of aryl methyl sites for hydroxylation is 1. The van der Waals surface area contributed by atoms with Crippen LogP contribution < -0.4 is 9.86 Å². The van der Waals surface area contributed by atoms with E-state index in [1.54, 1.807) is 0 Å². The summed E-state index contributed by atoms with van der Waals surface area (Å²) in [4.78, 5) is -0.703. The van der Waals surface area contributed by atoms with E-state index in [0.717, 1.165) is 35.1 Å². The minimum Gasteiger partial charge on any atom is -0.272 e. The number of aromatic nitrogens is 2. The fourth-order valence-electron chi connectivity index (χ4n) is 1.55. The molecule has 8 nitrogen and oxygen atoms in total. The molecule has 0 atom stereocenters. The summed E-state index contributed by atoms with van der Waals surface area (Å²) in [6.07, 6.45) is 1.07. The summed E-state index contributed by atoms with van der Waals surface area (Å²) in [5.41, 5.74) is 0. The molecule has 2 rings (SSSR count). The molecule has 2 aromatic rings. The van der Waals surface area contributed by atoms with Gasteiger partial charge in [0.25, 0.3) is 10.0 Å². The molecule has 11 heteroatoms. The molecule has 1 heterocycles. The summed E-state index contributed by atoms with van der Waals surface area (Å²) in [5.74, 6) is -1.03. The van der Waals surface area contributed by atoms with Crippen LogP contribution in [0.2, 0.25) is 0 Å². The predicted octanol–water partition coefficient (Wildman–Crippen LogP) is 0.00740. The van der Waals surface area contributed by atoms with Gasteiger partial charge in [0.05, 0.1) is 4.90 Å². The van der Waals surface area contributed by atoms with Crippen molar-refractivity contribution >= 4 is 25.9 Å². The lowest BCUT2D eigenvalue weighted by molar-refractivity contribution is 0.598. The molecule has 0 fully saturated rings. The quantitative estimate of drug-likeness (QED) is 0.815. The summed E-state index contributed by atoms with van der Waals surface area (Å²) in [6.45, 7) is 0. The van der Waals surface area contributed by atoms with Crippen molar-refractivity contribution < 1.29 is 21.2 Å². The number of anilines is 1. The number of hydrogen-bond donors (Lipinski definition) is 2. The SMILES string of the molecule is Cn1cc(S(N)(=O)=O)c(NS(=O)(=O)c2ccc(F)cc2)n1. The zero-order valence-corrected chi connectivity index (χ0v) is 12.3. The molecule has 21 heavy (non-hydrogen) atoms. The van der Waals surface area contributed by atoms with Crippen LogP contribution in [0, 0.1) is 5.82 Å². The standard InChI is InChI=1S/C10H11FN4O4S2/c1-15-6-9(20(12,16)17)10(13-15)14-21(18,19)8-4-2-7(11)3-5-8/h2-6H,1H3,(H,13,14)(H2,12,16,17). The molecule has 0 bridgehead atoms. The highest BCUT2D eigenvalue weighted by Gasteiger charge is 2.23. The highest BCUT2D eigenvalue weighted by Crippen LogP contribution is 2.21. The molecule has 0 amide bonds. The Labute approximate surface area is 120 Å². The molecule has 0 radical (unpaired) electrons. The summed E-state index contributed by atoms with van der Waals surface area (Å²) in [5, 5.41) is 8.68. The molecular weight excluding hydrogens is 323 g/mol. The lowest BCUT2D eigenvalue weighted by atomic mass is 10.4. The Morgan fingerprint density at radius 3 is 2.29 bits per heavy atom. The van der Waals surface area contributed by atoms with Crippen molar-refractivity contribution in [3.8, 4) is 0 Å². The van der Waals surface area contributed by atoms with Crippen molar-refractivity contribution in [1.82, 2.24) is 9.78 Å². The van der Waals surface area contributed by atoms with Gasteiger partial charge in [0.15, 0.2) is 5.82 Å². The average Bonchev–Trinajstić information content (AvgIpc) is 2.69. The molecule has 0 saturated heterocycles. The first kappa shape index (κ1) is 15.4. The molecule has 0 aliphatic rings. The Morgan fingerprint density at radius 1 is 1.19 bits per heavy atom. The van der Waals surface area contributed by atoms with Gasteiger partial charge in [-0.15, -0.1) is 0 Å². The maximum Gasteiger partial charge on any atom is 0.263 e. The van der Waals surface area contributed by atoms with Crippen LogP contribution in [0.25, 0.3) is 0 Å². The van der Waals surface area contributed by atoms with E-state index in [-0.39, 0.29) is 4.90 Å². The lowest BCUT2D eigenvalue weighted by Crippen LogP contribution is -2.18. The minimum atomic E-state index is -4.14. The number of nitrogens with zero attached hydrogens (tertiary/aromatic N) is 2. The molecule has 3 N–H and O–H groups in total. The fraction of sp³-hybridized carbons (Fsp3) is 0.100. The van der Waals surface area contributed by atoms with Gasteiger partial charge < -0.3 is 0 Å². The van der Waals surface area contributed by atoms with E-state index in [0.29, 0.717) is 0 Å². The van der Waals surface area contributed by atoms with Gasteiger partial charge in [0.2, 0.25) is 10.0 Å². The van der Waals surface area contributed by atoms with Gasteiger partial charge in [0, 0.05) is 13.2 Å². The van der Waals surface area contributed by atoms with Gasteiger partial charge in [-0.05, 0) is 24.3 Å². The molecule has 0 aliphatic carbocycles. The van der Waals surface area contributed by atoms with Gasteiger partial charge in [-0.3, -0.25) is 9.40 Å². The lowest BCUT2D eigenvalue weighted by Gasteiger charge is -2.06. The molecule has 1 aromatic heterocycles. The van der Waals surface area contributed by atoms with Crippen LogP contribution in [0.4, 0.5) is 10.2 Å². The van der Waals surface area contributed by atoms with Gasteiger partial charge >= 0.3 is 0 Å². The first-order valence-corrected chi connectivity index (χ1v) is 8.47. The maximum atomic E-state index is 12.8. The van der Waals surface area contributed by atoms with E-state index in [1.165, 1.54) is 7.05 Å². The zero-order valence-electron chi connectivity index (χ0n) is 10.7. The molecule has 0 unspecified atom stereocenters. The molecule has 0 spiro atoms. The van der Waals surface area contributed by atoms with Crippen molar-refractivity contribution in [2.75, 3.05) is 4.72 Å². The van der Waals surface area contributed by atoms with Crippen molar-refractivity contribution in [3.05, 3.63) is 36.3 Å². The van der Waals surface area contributed by atoms with E-state index in [4.69, 9.17) is 5.14 Å². The van der Waals surface area contributed by atoms with E-state index in [9.17, 15) is 21.2 Å². The number of sulfonamides is 2. The summed E-state index contributed by atoms with van der Waals surface area (Å²) < 4.78 is 62.8. The normalized spacial score (nSPS) is 12.3. The second kappa shape index (κ2) is 5.09. The van der Waals surface area contributed by atoms with Crippen LogP contribution in [0.3, 0.4) is 0 Å². The van der Waals surface area contributed by atoms with Crippen molar-refractivity contribution in [1.29, 1.82) is 0 Å². The number of hydrogen-bond acceptors (Lipinski definition) is 5. The second-order valence-corrected chi connectivity index (χ2v) is 7.33. The minimum absolute atomic E-state index is 0.241. The second-order valence-electron chi connectivity index (χ2n) is 4.12. The van der Waals surface area contributed by atoms with Gasteiger partial charge in [0.1, 0.15) is 10.7 Å². The van der Waals surface area contributed by atoms with E-state index >= 15 is 0 Å². The fourth-order valence-corrected chi connectivity index (χ4v) is 3.29. The van der Waals surface area contributed by atoms with Crippen molar-refractivity contribution in [2.24, 2.45) is 12.2 Å². The van der Waals surface area contributed by atoms with Crippen LogP contribution >= 0.6 is 0 Å². The van der Waals surface area contributed by atoms with Crippen LogP contribution in [0.5, 0.6) is 0 Å². The van der Waals surface area contributed by atoms with Crippen LogP contribution in [0.1, 0.15) is 0 Å². The molecule has 0 aliphatic heterocycles. The predicted molar refractivity (Wildman–Crippen MR) is 71.8 cm³/mol. The Bertz CT molecular complexity index is 872. The van der Waals surface area contributed by atoms with E-state index in [1.807, 2.05) is 4.72 Å². The number of nitrogens with two attached hydrogens (primary N) is 1. The third kappa shape index (κ3) is 3.37. The monoisotopic (exact) mass is 334 g/mol.